The van der Waals surface area contributed by atoms with Gasteiger partial charge in [0.15, 0.2) is 11.5 Å². The molecular formula is C33H28F3N7O4. The number of anilines is 2. The third-order valence-corrected chi connectivity index (χ3v) is 7.64. The van der Waals surface area contributed by atoms with E-state index in [4.69, 9.17) is 4.74 Å². The van der Waals surface area contributed by atoms with E-state index in [2.05, 4.69) is 20.6 Å². The van der Waals surface area contributed by atoms with E-state index >= 15 is 0 Å². The first-order valence-corrected chi connectivity index (χ1v) is 14.5. The minimum Gasteiger partial charge on any atom is -0.508 e. The van der Waals surface area contributed by atoms with Gasteiger partial charge in [0, 0.05) is 49.2 Å². The maximum Gasteiger partial charge on any atom is 0.416 e. The minimum absolute atomic E-state index is 0.0412. The molecule has 0 spiro atoms. The number of carbonyl (C=O) groups is 2. The standard InChI is InChI=1S/C33H28F3N7O4/c1-47-28-7-5-25(6-8-28)38-31(45)29-9-10-30(40-39-29)41-11-13-42(14-12-41)32(46)22-15-24(33(34,35)36)18-26(16-22)43-20-23(19-37-43)21-3-2-4-27(44)17-21/h2-10,15-20,44H,11-14H2,1H3,(H,38,45). The number of phenols is 1. The van der Waals surface area contributed by atoms with Gasteiger partial charge < -0.3 is 25.0 Å². The lowest BCUT2D eigenvalue weighted by molar-refractivity contribution is -0.137. The number of halogens is 3. The molecule has 2 amide bonds. The number of phenolic OH excluding ortho intramolecular Hbond substituents is 1. The van der Waals surface area contributed by atoms with E-state index in [1.807, 2.05) is 4.90 Å². The van der Waals surface area contributed by atoms with Crippen LogP contribution in [0.25, 0.3) is 16.8 Å². The number of piperazine rings is 1. The van der Waals surface area contributed by atoms with Gasteiger partial charge in [0.05, 0.1) is 24.6 Å². The average Bonchev–Trinajstić information content (AvgIpc) is 3.59. The fourth-order valence-electron chi connectivity index (χ4n) is 5.13. The molecule has 240 valence electrons. The van der Waals surface area contributed by atoms with E-state index in [9.17, 15) is 27.9 Å². The van der Waals surface area contributed by atoms with Crippen molar-refractivity contribution >= 4 is 23.3 Å². The molecule has 0 radical (unpaired) electrons. The van der Waals surface area contributed by atoms with Gasteiger partial charge in [0.2, 0.25) is 0 Å². The van der Waals surface area contributed by atoms with Gasteiger partial charge in [-0.3, -0.25) is 9.59 Å². The third-order valence-electron chi connectivity index (χ3n) is 7.64. The van der Waals surface area contributed by atoms with Gasteiger partial charge in [-0.05, 0) is 72.3 Å². The number of alkyl halides is 3. The molecule has 3 aromatic carbocycles. The summed E-state index contributed by atoms with van der Waals surface area (Å²) >= 11 is 0. The van der Waals surface area contributed by atoms with E-state index in [1.54, 1.807) is 55.6 Å². The second kappa shape index (κ2) is 12.8. The average molecular weight is 644 g/mol. The van der Waals surface area contributed by atoms with Gasteiger partial charge in [-0.15, -0.1) is 10.2 Å². The Morgan fingerprint density at radius 3 is 2.32 bits per heavy atom. The van der Waals surface area contributed by atoms with Crippen molar-refractivity contribution in [2.75, 3.05) is 43.5 Å². The van der Waals surface area contributed by atoms with Gasteiger partial charge in [-0.25, -0.2) is 4.68 Å². The Morgan fingerprint density at radius 1 is 0.894 bits per heavy atom. The maximum atomic E-state index is 13.9. The fraction of sp³-hybridized carbons (Fsp3) is 0.182. The molecule has 0 unspecified atom stereocenters. The van der Waals surface area contributed by atoms with Crippen LogP contribution in [0, 0.1) is 0 Å². The Bertz CT molecular complexity index is 1900. The largest absolute Gasteiger partial charge is 0.508 e. The first kappa shape index (κ1) is 31.1. The molecule has 2 aromatic heterocycles. The molecule has 2 N–H and O–H groups in total. The summed E-state index contributed by atoms with van der Waals surface area (Å²) in [6, 6.07) is 19.6. The molecule has 1 aliphatic rings. The van der Waals surface area contributed by atoms with E-state index in [0.717, 1.165) is 12.1 Å². The number of benzene rings is 3. The first-order chi connectivity index (χ1) is 22.6. The Labute approximate surface area is 266 Å². The Kier molecular flexibility index (Phi) is 8.48. The molecule has 0 atom stereocenters. The molecule has 1 saturated heterocycles. The van der Waals surface area contributed by atoms with E-state index in [1.165, 1.54) is 40.2 Å². The van der Waals surface area contributed by atoms with Crippen molar-refractivity contribution in [3.05, 3.63) is 108 Å². The maximum absolute atomic E-state index is 13.9. The molecule has 5 aromatic rings. The van der Waals surface area contributed by atoms with Crippen LogP contribution in [-0.4, -0.2) is 75.1 Å². The number of ether oxygens (including phenoxy) is 1. The Balaban J connectivity index is 1.13. The molecule has 0 saturated carbocycles. The van der Waals surface area contributed by atoms with Crippen LogP contribution in [0.4, 0.5) is 24.7 Å². The predicted octanol–water partition coefficient (Wildman–Crippen LogP) is 5.28. The van der Waals surface area contributed by atoms with Crippen molar-refractivity contribution in [2.45, 2.75) is 6.18 Å². The molecule has 14 heteroatoms. The van der Waals surface area contributed by atoms with Crippen molar-refractivity contribution in [1.29, 1.82) is 0 Å². The van der Waals surface area contributed by atoms with Gasteiger partial charge in [-0.1, -0.05) is 12.1 Å². The Hall–Kier alpha value is -5.92. The van der Waals surface area contributed by atoms with E-state index in [-0.39, 0.29) is 35.8 Å². The van der Waals surface area contributed by atoms with Gasteiger partial charge in [-0.2, -0.15) is 18.3 Å². The number of methoxy groups -OCH3 is 1. The zero-order valence-electron chi connectivity index (χ0n) is 25.0. The van der Waals surface area contributed by atoms with Crippen molar-refractivity contribution in [1.82, 2.24) is 24.9 Å². The SMILES string of the molecule is COc1ccc(NC(=O)c2ccc(N3CCN(C(=O)c4cc(-n5cc(-c6cccc(O)c6)cn5)cc(C(F)(F)F)c4)CC3)nn2)cc1. The predicted molar refractivity (Wildman–Crippen MR) is 167 cm³/mol. The van der Waals surface area contributed by atoms with Crippen molar-refractivity contribution in [3.8, 4) is 28.3 Å². The van der Waals surface area contributed by atoms with Gasteiger partial charge >= 0.3 is 6.18 Å². The zero-order valence-corrected chi connectivity index (χ0v) is 25.0. The zero-order chi connectivity index (χ0) is 33.1. The monoisotopic (exact) mass is 643 g/mol. The number of carbonyl (C=O) groups excluding carboxylic acids is 2. The van der Waals surface area contributed by atoms with Crippen LogP contribution in [0.3, 0.4) is 0 Å². The molecule has 11 nitrogen and oxygen atoms in total. The molecule has 0 bridgehead atoms. The summed E-state index contributed by atoms with van der Waals surface area (Å²) in [7, 11) is 1.55. The number of aromatic nitrogens is 4. The third kappa shape index (κ3) is 7.01. The second-order valence-corrected chi connectivity index (χ2v) is 10.7. The highest BCUT2D eigenvalue weighted by Gasteiger charge is 2.33. The molecule has 0 aliphatic carbocycles. The number of nitrogens with zero attached hydrogens (tertiary/aromatic N) is 6. The minimum atomic E-state index is -4.69. The number of amides is 2. The van der Waals surface area contributed by atoms with Crippen LogP contribution in [0.15, 0.2) is 91.3 Å². The summed E-state index contributed by atoms with van der Waals surface area (Å²) in [5.74, 6) is 0.216. The van der Waals surface area contributed by atoms with Crippen molar-refractivity contribution in [3.63, 3.8) is 0 Å². The van der Waals surface area contributed by atoms with Crippen LogP contribution >= 0.6 is 0 Å². The molecular weight excluding hydrogens is 615 g/mol. The quantitative estimate of drug-likeness (QED) is 0.246. The lowest BCUT2D eigenvalue weighted by atomic mass is 10.1. The normalized spacial score (nSPS) is 13.4. The lowest BCUT2D eigenvalue weighted by Gasteiger charge is -2.35. The summed E-state index contributed by atoms with van der Waals surface area (Å²) in [6.45, 7) is 1.18. The van der Waals surface area contributed by atoms with Gasteiger partial charge in [0.25, 0.3) is 11.8 Å². The van der Waals surface area contributed by atoms with E-state index in [0.29, 0.717) is 41.5 Å². The van der Waals surface area contributed by atoms with Crippen LogP contribution in [0.1, 0.15) is 26.4 Å². The lowest BCUT2D eigenvalue weighted by Crippen LogP contribution is -2.49. The highest BCUT2D eigenvalue weighted by atomic mass is 19.4. The van der Waals surface area contributed by atoms with Crippen molar-refractivity contribution in [2.24, 2.45) is 0 Å². The van der Waals surface area contributed by atoms with Crippen LogP contribution in [0.5, 0.6) is 11.5 Å². The molecule has 1 fully saturated rings. The fourth-order valence-corrected chi connectivity index (χ4v) is 5.13. The van der Waals surface area contributed by atoms with E-state index < -0.39 is 23.6 Å². The summed E-state index contributed by atoms with van der Waals surface area (Å²) in [4.78, 5) is 29.4. The number of rotatable bonds is 7. The van der Waals surface area contributed by atoms with Crippen LogP contribution in [0.2, 0.25) is 0 Å². The second-order valence-electron chi connectivity index (χ2n) is 10.7. The van der Waals surface area contributed by atoms with Crippen LogP contribution < -0.4 is 15.0 Å². The number of aromatic hydroxyl groups is 1. The van der Waals surface area contributed by atoms with Gasteiger partial charge in [0.1, 0.15) is 11.5 Å². The summed E-state index contributed by atoms with van der Waals surface area (Å²) in [5.41, 5.74) is 0.870. The molecule has 3 heterocycles. The number of nitrogens with one attached hydrogen (secondary N) is 1. The summed E-state index contributed by atoms with van der Waals surface area (Å²) < 4.78 is 48.1. The number of hydrogen-bond donors (Lipinski definition) is 2. The molecule has 47 heavy (non-hydrogen) atoms. The smallest absolute Gasteiger partial charge is 0.416 e. The van der Waals surface area contributed by atoms with Crippen molar-refractivity contribution < 1.29 is 32.6 Å². The van der Waals surface area contributed by atoms with Crippen LogP contribution in [-0.2, 0) is 6.18 Å². The Morgan fingerprint density at radius 2 is 1.66 bits per heavy atom. The molecule has 6 rings (SSSR count). The highest BCUT2D eigenvalue weighted by Crippen LogP contribution is 2.33. The topological polar surface area (TPSA) is 126 Å². The highest BCUT2D eigenvalue weighted by molar-refractivity contribution is 6.02. The molecule has 1 aliphatic heterocycles. The summed E-state index contributed by atoms with van der Waals surface area (Å²) in [5, 5.41) is 25.0. The first-order valence-electron chi connectivity index (χ1n) is 14.5. The summed E-state index contributed by atoms with van der Waals surface area (Å²) in [6.07, 6.45) is -1.69. The number of hydrogen-bond acceptors (Lipinski definition) is 8.